The maximum Gasteiger partial charge on any atom is 0.269 e. The van der Waals surface area contributed by atoms with Gasteiger partial charge < -0.3 is 16.0 Å². The minimum Gasteiger partial charge on any atom is -0.364 e. The molecular weight excluding hydrogens is 302 g/mol. The van der Waals surface area contributed by atoms with Crippen molar-refractivity contribution >= 4 is 18.3 Å². The zero-order valence-electron chi connectivity index (χ0n) is 12.9. The number of nitrogens with zero attached hydrogens (tertiary/aromatic N) is 2. The average molecular weight is 328 g/mol. The number of hydrogen-bond acceptors (Lipinski definition) is 4. The van der Waals surface area contributed by atoms with Crippen molar-refractivity contribution < 1.29 is 4.79 Å². The van der Waals surface area contributed by atoms with Crippen LogP contribution in [0.1, 0.15) is 47.8 Å². The van der Waals surface area contributed by atoms with Crippen LogP contribution in [0.5, 0.6) is 0 Å². The molecule has 1 unspecified atom stereocenters. The molecular formula is C15H26ClN5O. The summed E-state index contributed by atoms with van der Waals surface area (Å²) in [6, 6.07) is 1.82. The molecule has 0 bridgehead atoms. The maximum atomic E-state index is 11.1. The van der Waals surface area contributed by atoms with E-state index < -0.39 is 5.91 Å². The summed E-state index contributed by atoms with van der Waals surface area (Å²) in [5, 5.41) is 10.4. The Balaban J connectivity index is 0.00000176. The SMILES string of the molecule is Cl.NC(=O)c1cc(C2CCCN(CC3CCNCC3)C2)[nH]n1. The quantitative estimate of drug-likeness (QED) is 0.773. The number of aromatic nitrogens is 2. The Hall–Kier alpha value is -1.11. The molecule has 2 fully saturated rings. The fraction of sp³-hybridized carbons (Fsp3) is 0.733. The second-order valence-corrected chi connectivity index (χ2v) is 6.36. The fourth-order valence-corrected chi connectivity index (χ4v) is 3.58. The second kappa shape index (κ2) is 7.94. The Morgan fingerprint density at radius 2 is 2.14 bits per heavy atom. The van der Waals surface area contributed by atoms with Crippen molar-refractivity contribution in [3.8, 4) is 0 Å². The molecule has 7 heteroatoms. The lowest BCUT2D eigenvalue weighted by Gasteiger charge is -2.35. The van der Waals surface area contributed by atoms with E-state index in [1.54, 1.807) is 0 Å². The topological polar surface area (TPSA) is 87.0 Å². The Labute approximate surface area is 137 Å². The molecule has 22 heavy (non-hydrogen) atoms. The molecule has 0 radical (unpaired) electrons. The normalized spacial score (nSPS) is 23.9. The summed E-state index contributed by atoms with van der Waals surface area (Å²) in [6.07, 6.45) is 4.94. The second-order valence-electron chi connectivity index (χ2n) is 6.36. The molecule has 124 valence electrons. The number of carbonyl (C=O) groups is 1. The number of primary amides is 1. The van der Waals surface area contributed by atoms with Gasteiger partial charge in [0.15, 0.2) is 0 Å². The van der Waals surface area contributed by atoms with Crippen LogP contribution in [0, 0.1) is 5.92 Å². The van der Waals surface area contributed by atoms with Crippen LogP contribution in [0.3, 0.4) is 0 Å². The van der Waals surface area contributed by atoms with Gasteiger partial charge in [0.25, 0.3) is 5.91 Å². The van der Waals surface area contributed by atoms with Gasteiger partial charge in [-0.25, -0.2) is 0 Å². The molecule has 3 rings (SSSR count). The Bertz CT molecular complexity index is 486. The van der Waals surface area contributed by atoms with Gasteiger partial charge >= 0.3 is 0 Å². The number of nitrogens with two attached hydrogens (primary N) is 1. The van der Waals surface area contributed by atoms with Crippen LogP contribution in [0.25, 0.3) is 0 Å². The van der Waals surface area contributed by atoms with E-state index in [0.29, 0.717) is 11.6 Å². The van der Waals surface area contributed by atoms with E-state index in [0.717, 1.165) is 37.7 Å². The molecule has 2 aliphatic rings. The van der Waals surface area contributed by atoms with E-state index in [2.05, 4.69) is 20.4 Å². The van der Waals surface area contributed by atoms with Gasteiger partial charge in [-0.2, -0.15) is 5.10 Å². The zero-order valence-corrected chi connectivity index (χ0v) is 13.7. The van der Waals surface area contributed by atoms with E-state index in [-0.39, 0.29) is 12.4 Å². The molecule has 1 aromatic rings. The lowest BCUT2D eigenvalue weighted by Crippen LogP contribution is -2.40. The molecule has 1 atom stereocenters. The summed E-state index contributed by atoms with van der Waals surface area (Å²) in [7, 11) is 0. The van der Waals surface area contributed by atoms with Gasteiger partial charge in [0, 0.05) is 24.7 Å². The maximum absolute atomic E-state index is 11.1. The summed E-state index contributed by atoms with van der Waals surface area (Å²) in [5.74, 6) is 0.814. The molecule has 6 nitrogen and oxygen atoms in total. The largest absolute Gasteiger partial charge is 0.364 e. The van der Waals surface area contributed by atoms with E-state index in [1.807, 2.05) is 6.07 Å². The molecule has 0 spiro atoms. The van der Waals surface area contributed by atoms with Gasteiger partial charge in [0.2, 0.25) is 0 Å². The summed E-state index contributed by atoms with van der Waals surface area (Å²) in [4.78, 5) is 13.7. The summed E-state index contributed by atoms with van der Waals surface area (Å²) in [6.45, 7) is 5.77. The van der Waals surface area contributed by atoms with Crippen molar-refractivity contribution in [3.05, 3.63) is 17.5 Å². The number of H-pyrrole nitrogens is 1. The highest BCUT2D eigenvalue weighted by molar-refractivity contribution is 5.90. The zero-order chi connectivity index (χ0) is 14.7. The molecule has 2 aliphatic heterocycles. The van der Waals surface area contributed by atoms with Crippen LogP contribution in [0.2, 0.25) is 0 Å². The molecule has 0 aromatic carbocycles. The number of rotatable bonds is 4. The van der Waals surface area contributed by atoms with E-state index in [1.165, 1.54) is 32.4 Å². The monoisotopic (exact) mass is 327 g/mol. The lowest BCUT2D eigenvalue weighted by atomic mass is 9.92. The van der Waals surface area contributed by atoms with Crippen LogP contribution >= 0.6 is 12.4 Å². The third kappa shape index (κ3) is 4.21. The van der Waals surface area contributed by atoms with Gasteiger partial charge in [-0.15, -0.1) is 12.4 Å². The van der Waals surface area contributed by atoms with Crippen molar-refractivity contribution in [2.75, 3.05) is 32.7 Å². The predicted octanol–water partition coefficient (Wildman–Crippen LogP) is 1.11. The van der Waals surface area contributed by atoms with Gasteiger partial charge in [0.05, 0.1) is 0 Å². The van der Waals surface area contributed by atoms with Crippen LogP contribution in [0.15, 0.2) is 6.07 Å². The summed E-state index contributed by atoms with van der Waals surface area (Å²) >= 11 is 0. The number of amides is 1. The molecule has 3 heterocycles. The number of halogens is 1. The number of likely N-dealkylation sites (tertiary alicyclic amines) is 1. The summed E-state index contributed by atoms with van der Waals surface area (Å²) < 4.78 is 0. The van der Waals surface area contributed by atoms with Crippen molar-refractivity contribution in [2.45, 2.75) is 31.6 Å². The number of carbonyl (C=O) groups excluding carboxylic acids is 1. The number of piperidine rings is 2. The standard InChI is InChI=1S/C15H25N5O.ClH/c16-15(21)14-8-13(18-19-14)12-2-1-7-20(10-12)9-11-3-5-17-6-4-11;/h8,11-12,17H,1-7,9-10H2,(H2,16,21)(H,18,19);1H. The van der Waals surface area contributed by atoms with Gasteiger partial charge in [-0.3, -0.25) is 9.89 Å². The Morgan fingerprint density at radius 1 is 1.36 bits per heavy atom. The average Bonchev–Trinajstić information content (AvgIpc) is 2.99. The third-order valence-corrected chi connectivity index (χ3v) is 4.77. The molecule has 2 saturated heterocycles. The van der Waals surface area contributed by atoms with Crippen LogP contribution in [-0.2, 0) is 0 Å². The number of aromatic amines is 1. The van der Waals surface area contributed by atoms with Crippen molar-refractivity contribution in [1.82, 2.24) is 20.4 Å². The fourth-order valence-electron chi connectivity index (χ4n) is 3.58. The van der Waals surface area contributed by atoms with Crippen molar-refractivity contribution in [3.63, 3.8) is 0 Å². The first-order valence-corrected chi connectivity index (χ1v) is 8.00. The minimum atomic E-state index is -0.458. The van der Waals surface area contributed by atoms with Crippen molar-refractivity contribution in [1.29, 1.82) is 0 Å². The highest BCUT2D eigenvalue weighted by Gasteiger charge is 2.25. The first kappa shape index (κ1) is 17.2. The van der Waals surface area contributed by atoms with E-state index >= 15 is 0 Å². The number of hydrogen-bond donors (Lipinski definition) is 3. The highest BCUT2D eigenvalue weighted by Crippen LogP contribution is 2.27. The van der Waals surface area contributed by atoms with Crippen LogP contribution in [0.4, 0.5) is 0 Å². The molecule has 1 amide bonds. The van der Waals surface area contributed by atoms with Gasteiger partial charge in [0.1, 0.15) is 5.69 Å². The third-order valence-electron chi connectivity index (χ3n) is 4.77. The van der Waals surface area contributed by atoms with Crippen LogP contribution in [-0.4, -0.2) is 53.7 Å². The van der Waals surface area contributed by atoms with Gasteiger partial charge in [-0.1, -0.05) is 0 Å². The first-order chi connectivity index (χ1) is 10.2. The lowest BCUT2D eigenvalue weighted by molar-refractivity contribution is 0.0995. The molecule has 0 saturated carbocycles. The van der Waals surface area contributed by atoms with E-state index in [4.69, 9.17) is 5.73 Å². The first-order valence-electron chi connectivity index (χ1n) is 8.00. The smallest absolute Gasteiger partial charge is 0.269 e. The minimum absolute atomic E-state index is 0. The Kier molecular flexibility index (Phi) is 6.23. The van der Waals surface area contributed by atoms with Crippen molar-refractivity contribution in [2.24, 2.45) is 11.7 Å². The predicted molar refractivity (Wildman–Crippen MR) is 88.4 cm³/mol. The Morgan fingerprint density at radius 3 is 2.82 bits per heavy atom. The van der Waals surface area contributed by atoms with E-state index in [9.17, 15) is 4.79 Å². The number of nitrogens with one attached hydrogen (secondary N) is 2. The molecule has 1 aromatic heterocycles. The molecule has 4 N–H and O–H groups in total. The van der Waals surface area contributed by atoms with Crippen LogP contribution < -0.4 is 11.1 Å². The van der Waals surface area contributed by atoms with Gasteiger partial charge in [-0.05, 0) is 57.3 Å². The molecule has 0 aliphatic carbocycles. The highest BCUT2D eigenvalue weighted by atomic mass is 35.5. The summed E-state index contributed by atoms with van der Waals surface area (Å²) in [5.41, 5.74) is 6.67.